The minimum atomic E-state index is -0.684. The Morgan fingerprint density at radius 3 is 2.03 bits per heavy atom. The van der Waals surface area contributed by atoms with Gasteiger partial charge in [-0.05, 0) is 91.7 Å². The van der Waals surface area contributed by atoms with Crippen LogP contribution in [0.5, 0.6) is 0 Å². The average Bonchev–Trinajstić information content (AvgIpc) is 2.91. The summed E-state index contributed by atoms with van der Waals surface area (Å²) in [6.45, 7) is 3.15. The Balaban J connectivity index is 1.26. The molecule has 0 heterocycles. The topological polar surface area (TPSA) is 9.23 Å². The van der Waals surface area contributed by atoms with Crippen LogP contribution in [0.15, 0.2) is 36.4 Å². The van der Waals surface area contributed by atoms with Crippen molar-refractivity contribution in [3.05, 3.63) is 59.2 Å². The van der Waals surface area contributed by atoms with Crippen LogP contribution in [0.1, 0.15) is 107 Å². The van der Waals surface area contributed by atoms with E-state index in [9.17, 15) is 0 Å². The van der Waals surface area contributed by atoms with Crippen molar-refractivity contribution in [2.24, 2.45) is 17.8 Å². The number of aryl methyl sites for hydroxylation is 1. The molecule has 0 bridgehead atoms. The quantitative estimate of drug-likeness (QED) is 0.281. The van der Waals surface area contributed by atoms with Crippen molar-refractivity contribution in [1.82, 2.24) is 0 Å². The van der Waals surface area contributed by atoms with Gasteiger partial charge in [-0.3, -0.25) is 0 Å². The number of rotatable bonds is 11. The van der Waals surface area contributed by atoms with Crippen LogP contribution in [0.25, 0.3) is 11.1 Å². The summed E-state index contributed by atoms with van der Waals surface area (Å²) in [5.41, 5.74) is 3.01. The van der Waals surface area contributed by atoms with Gasteiger partial charge in [-0.15, -0.1) is 0 Å². The number of halogens is 2. The van der Waals surface area contributed by atoms with Gasteiger partial charge in [0.25, 0.3) is 0 Å². The maximum atomic E-state index is 15.1. The SMILES string of the molecule is CCCC1CCC(c2ccc(-c3ccc(CCCCC4CCC(COC)CC4)cc3)c(F)c2F)CC1. The fourth-order valence-electron chi connectivity index (χ4n) is 6.81. The van der Waals surface area contributed by atoms with Gasteiger partial charge in [0.15, 0.2) is 11.6 Å². The van der Waals surface area contributed by atoms with Gasteiger partial charge in [0.1, 0.15) is 0 Å². The van der Waals surface area contributed by atoms with E-state index in [1.165, 1.54) is 63.4 Å². The van der Waals surface area contributed by atoms with Crippen molar-refractivity contribution in [2.75, 3.05) is 13.7 Å². The lowest BCUT2D eigenvalue weighted by molar-refractivity contribution is 0.117. The largest absolute Gasteiger partial charge is 0.384 e. The predicted octanol–water partition coefficient (Wildman–Crippen LogP) is 9.87. The molecular weight excluding hydrogens is 450 g/mol. The number of unbranched alkanes of at least 4 members (excludes halogenated alkanes) is 1. The molecule has 2 aliphatic carbocycles. The van der Waals surface area contributed by atoms with E-state index in [1.807, 2.05) is 25.3 Å². The fourth-order valence-corrected chi connectivity index (χ4v) is 6.81. The summed E-state index contributed by atoms with van der Waals surface area (Å²) in [4.78, 5) is 0. The molecule has 0 N–H and O–H groups in total. The maximum Gasteiger partial charge on any atom is 0.166 e. The first-order chi connectivity index (χ1) is 17.6. The Bertz CT molecular complexity index is 921. The molecule has 0 aromatic heterocycles. The van der Waals surface area contributed by atoms with Crippen molar-refractivity contribution >= 4 is 0 Å². The van der Waals surface area contributed by atoms with E-state index in [4.69, 9.17) is 4.74 Å². The van der Waals surface area contributed by atoms with Gasteiger partial charge in [0, 0.05) is 19.3 Å². The van der Waals surface area contributed by atoms with E-state index >= 15 is 8.78 Å². The third kappa shape index (κ3) is 7.18. The first-order valence-electron chi connectivity index (χ1n) is 14.6. The molecule has 2 aromatic carbocycles. The lowest BCUT2D eigenvalue weighted by atomic mass is 9.77. The second-order valence-corrected chi connectivity index (χ2v) is 11.6. The molecule has 36 heavy (non-hydrogen) atoms. The number of hydrogen-bond donors (Lipinski definition) is 0. The van der Waals surface area contributed by atoms with E-state index in [0.29, 0.717) is 11.1 Å². The molecule has 0 radical (unpaired) electrons. The molecule has 2 fully saturated rings. The molecule has 0 atom stereocenters. The van der Waals surface area contributed by atoms with Gasteiger partial charge in [0.05, 0.1) is 0 Å². The first kappa shape index (κ1) is 27.3. The van der Waals surface area contributed by atoms with Crippen LogP contribution in [-0.2, 0) is 11.2 Å². The minimum absolute atomic E-state index is 0.157. The van der Waals surface area contributed by atoms with Crippen molar-refractivity contribution in [3.8, 4) is 11.1 Å². The highest BCUT2D eigenvalue weighted by molar-refractivity contribution is 5.65. The Labute approximate surface area is 218 Å². The standard InChI is InChI=1S/C33H46F2O/c1-3-6-24-13-17-28(18-14-24)30-21-22-31(33(35)32(30)34)29-19-15-26(16-20-29)8-5-4-7-25-9-11-27(12-10-25)23-36-2/h15-16,19-22,24-25,27-28H,3-14,17-18,23H2,1-2H3. The van der Waals surface area contributed by atoms with Gasteiger partial charge in [-0.25, -0.2) is 8.78 Å². The number of hydrogen-bond acceptors (Lipinski definition) is 1. The summed E-state index contributed by atoms with van der Waals surface area (Å²) in [6.07, 6.45) is 16.9. The number of ether oxygens (including phenoxy) is 1. The maximum absolute atomic E-state index is 15.1. The summed E-state index contributed by atoms with van der Waals surface area (Å²) < 4.78 is 35.5. The molecule has 0 unspecified atom stereocenters. The molecule has 1 nitrogen and oxygen atoms in total. The zero-order chi connectivity index (χ0) is 25.3. The fraction of sp³-hybridized carbons (Fsp3) is 0.636. The monoisotopic (exact) mass is 496 g/mol. The number of benzene rings is 2. The third-order valence-corrected chi connectivity index (χ3v) is 9.06. The second-order valence-electron chi connectivity index (χ2n) is 11.6. The lowest BCUT2D eigenvalue weighted by Gasteiger charge is -2.29. The molecule has 3 heteroatoms. The molecule has 0 spiro atoms. The normalized spacial score (nSPS) is 24.7. The first-order valence-corrected chi connectivity index (χ1v) is 14.6. The van der Waals surface area contributed by atoms with Crippen LogP contribution >= 0.6 is 0 Å². The van der Waals surface area contributed by atoms with Gasteiger partial charge < -0.3 is 4.74 Å². The molecule has 2 aliphatic rings. The van der Waals surface area contributed by atoms with E-state index in [2.05, 4.69) is 19.1 Å². The summed E-state index contributed by atoms with van der Waals surface area (Å²) in [5, 5.41) is 0. The van der Waals surface area contributed by atoms with Crippen LogP contribution in [0.2, 0.25) is 0 Å². The highest BCUT2D eigenvalue weighted by atomic mass is 19.2. The molecule has 4 rings (SSSR count). The summed E-state index contributed by atoms with van der Waals surface area (Å²) >= 11 is 0. The molecule has 0 amide bonds. The summed E-state index contributed by atoms with van der Waals surface area (Å²) in [5.74, 6) is 1.25. The van der Waals surface area contributed by atoms with E-state index in [1.54, 1.807) is 6.07 Å². The van der Waals surface area contributed by atoms with Gasteiger partial charge in [-0.1, -0.05) is 81.8 Å². The van der Waals surface area contributed by atoms with Gasteiger partial charge in [-0.2, -0.15) is 0 Å². The van der Waals surface area contributed by atoms with Crippen LogP contribution in [0.3, 0.4) is 0 Å². The Morgan fingerprint density at radius 1 is 0.722 bits per heavy atom. The van der Waals surface area contributed by atoms with E-state index in [0.717, 1.165) is 62.0 Å². The van der Waals surface area contributed by atoms with Crippen molar-refractivity contribution in [1.29, 1.82) is 0 Å². The average molecular weight is 497 g/mol. The molecule has 198 valence electrons. The molecular formula is C33H46F2O. The summed E-state index contributed by atoms with van der Waals surface area (Å²) in [6, 6.07) is 11.7. The van der Waals surface area contributed by atoms with Crippen LogP contribution in [0.4, 0.5) is 8.78 Å². The minimum Gasteiger partial charge on any atom is -0.384 e. The van der Waals surface area contributed by atoms with Crippen molar-refractivity contribution in [2.45, 2.75) is 103 Å². The highest BCUT2D eigenvalue weighted by Gasteiger charge is 2.26. The Hall–Kier alpha value is -1.74. The second kappa shape index (κ2) is 13.7. The van der Waals surface area contributed by atoms with E-state index in [-0.39, 0.29) is 5.92 Å². The van der Waals surface area contributed by atoms with Crippen LogP contribution < -0.4 is 0 Å². The zero-order valence-electron chi connectivity index (χ0n) is 22.5. The molecule has 0 aliphatic heterocycles. The highest BCUT2D eigenvalue weighted by Crippen LogP contribution is 2.40. The smallest absolute Gasteiger partial charge is 0.166 e. The van der Waals surface area contributed by atoms with Crippen LogP contribution in [0, 0.1) is 29.4 Å². The lowest BCUT2D eigenvalue weighted by Crippen LogP contribution is -2.18. The van der Waals surface area contributed by atoms with Crippen molar-refractivity contribution in [3.63, 3.8) is 0 Å². The number of methoxy groups -OCH3 is 1. The van der Waals surface area contributed by atoms with Crippen molar-refractivity contribution < 1.29 is 13.5 Å². The molecule has 2 saturated carbocycles. The molecule has 2 aromatic rings. The Morgan fingerprint density at radius 2 is 1.36 bits per heavy atom. The third-order valence-electron chi connectivity index (χ3n) is 9.06. The molecule has 0 saturated heterocycles. The van der Waals surface area contributed by atoms with Gasteiger partial charge in [0.2, 0.25) is 0 Å². The van der Waals surface area contributed by atoms with Gasteiger partial charge >= 0.3 is 0 Å². The van der Waals surface area contributed by atoms with E-state index < -0.39 is 11.6 Å². The zero-order valence-corrected chi connectivity index (χ0v) is 22.5. The Kier molecular flexibility index (Phi) is 10.4. The predicted molar refractivity (Wildman–Crippen MR) is 146 cm³/mol. The van der Waals surface area contributed by atoms with Crippen LogP contribution in [-0.4, -0.2) is 13.7 Å². The summed E-state index contributed by atoms with van der Waals surface area (Å²) in [7, 11) is 1.81.